The second-order valence-corrected chi connectivity index (χ2v) is 7.41. The van der Waals surface area contributed by atoms with Crippen molar-refractivity contribution in [1.29, 1.82) is 0 Å². The van der Waals surface area contributed by atoms with Gasteiger partial charge in [-0.3, -0.25) is 9.69 Å². The van der Waals surface area contributed by atoms with Crippen molar-refractivity contribution in [3.05, 3.63) is 54.1 Å². The first-order valence-corrected chi connectivity index (χ1v) is 9.62. The third-order valence-corrected chi connectivity index (χ3v) is 5.06. The zero-order valence-electron chi connectivity index (χ0n) is 16.6. The number of benzene rings is 2. The molecule has 0 atom stereocenters. The van der Waals surface area contributed by atoms with E-state index >= 15 is 0 Å². The third kappa shape index (κ3) is 5.47. The number of nitrogens with zero attached hydrogens (tertiary/aromatic N) is 3. The molecule has 5 heteroatoms. The molecule has 0 aliphatic carbocycles. The number of aryl methyl sites for hydroxylation is 1. The first-order valence-electron chi connectivity index (χ1n) is 9.62. The lowest BCUT2D eigenvalue weighted by Crippen LogP contribution is -2.47. The van der Waals surface area contributed by atoms with Crippen molar-refractivity contribution in [1.82, 2.24) is 4.90 Å². The predicted octanol–water partition coefficient (Wildman–Crippen LogP) is 3.21. The van der Waals surface area contributed by atoms with E-state index in [0.717, 1.165) is 44.1 Å². The van der Waals surface area contributed by atoms with Crippen LogP contribution in [0.15, 0.2) is 48.5 Å². The van der Waals surface area contributed by atoms with Gasteiger partial charge in [0.25, 0.3) is 0 Å². The van der Waals surface area contributed by atoms with Crippen molar-refractivity contribution in [2.45, 2.75) is 13.3 Å². The number of hydrogen-bond donors (Lipinski definition) is 1. The van der Waals surface area contributed by atoms with Crippen LogP contribution in [0.4, 0.5) is 17.1 Å². The summed E-state index contributed by atoms with van der Waals surface area (Å²) in [6.07, 6.45) is 0.528. The Hall–Kier alpha value is -2.53. The lowest BCUT2D eigenvalue weighted by Gasteiger charge is -2.36. The van der Waals surface area contributed by atoms with Gasteiger partial charge in [-0.2, -0.15) is 0 Å². The molecule has 0 aromatic heterocycles. The zero-order chi connectivity index (χ0) is 19.2. The van der Waals surface area contributed by atoms with E-state index in [-0.39, 0.29) is 5.91 Å². The van der Waals surface area contributed by atoms with Crippen molar-refractivity contribution >= 4 is 23.0 Å². The van der Waals surface area contributed by atoms with Gasteiger partial charge in [-0.05, 0) is 48.9 Å². The minimum Gasteiger partial charge on any atom is -0.378 e. The second-order valence-electron chi connectivity index (χ2n) is 7.41. The van der Waals surface area contributed by atoms with E-state index < -0.39 is 0 Å². The smallest absolute Gasteiger partial charge is 0.225 e. The van der Waals surface area contributed by atoms with E-state index in [1.165, 1.54) is 11.3 Å². The SMILES string of the molecule is Cc1cccc(N2CCN(CCC(=O)Nc3ccc(N(C)C)cc3)CC2)c1. The Balaban J connectivity index is 1.41. The lowest BCUT2D eigenvalue weighted by molar-refractivity contribution is -0.116. The summed E-state index contributed by atoms with van der Waals surface area (Å²) in [5.74, 6) is 0.0775. The molecule has 5 nitrogen and oxygen atoms in total. The Bertz CT molecular complexity index is 749. The van der Waals surface area contributed by atoms with Crippen LogP contribution in [0, 0.1) is 6.92 Å². The van der Waals surface area contributed by atoms with Crippen molar-refractivity contribution in [3.8, 4) is 0 Å². The molecule has 1 aliphatic rings. The van der Waals surface area contributed by atoms with Crippen molar-refractivity contribution < 1.29 is 4.79 Å². The summed E-state index contributed by atoms with van der Waals surface area (Å²) in [6.45, 7) is 6.96. The monoisotopic (exact) mass is 366 g/mol. The van der Waals surface area contributed by atoms with E-state index in [4.69, 9.17) is 0 Å². The molecule has 1 amide bonds. The van der Waals surface area contributed by atoms with Gasteiger partial charge in [0.2, 0.25) is 5.91 Å². The highest BCUT2D eigenvalue weighted by Crippen LogP contribution is 2.18. The molecule has 0 spiro atoms. The van der Waals surface area contributed by atoms with Gasteiger partial charge in [0.05, 0.1) is 0 Å². The summed E-state index contributed by atoms with van der Waals surface area (Å²) >= 11 is 0. The first kappa shape index (κ1) is 19.2. The van der Waals surface area contributed by atoms with Gasteiger partial charge in [-0.1, -0.05) is 12.1 Å². The number of nitrogens with one attached hydrogen (secondary N) is 1. The van der Waals surface area contributed by atoms with Crippen LogP contribution in [0.2, 0.25) is 0 Å². The number of amides is 1. The van der Waals surface area contributed by atoms with Crippen LogP contribution in [0.3, 0.4) is 0 Å². The molecule has 1 fully saturated rings. The van der Waals surface area contributed by atoms with Crippen LogP contribution in [-0.2, 0) is 4.79 Å². The van der Waals surface area contributed by atoms with Gasteiger partial charge < -0.3 is 15.1 Å². The van der Waals surface area contributed by atoms with E-state index in [1.54, 1.807) is 0 Å². The highest BCUT2D eigenvalue weighted by atomic mass is 16.1. The van der Waals surface area contributed by atoms with Gasteiger partial charge in [0, 0.05) is 70.3 Å². The minimum atomic E-state index is 0.0775. The Morgan fingerprint density at radius 3 is 2.37 bits per heavy atom. The van der Waals surface area contributed by atoms with Crippen molar-refractivity contribution in [3.63, 3.8) is 0 Å². The highest BCUT2D eigenvalue weighted by molar-refractivity contribution is 5.91. The average Bonchev–Trinajstić information content (AvgIpc) is 2.67. The number of carbonyl (C=O) groups is 1. The van der Waals surface area contributed by atoms with Crippen molar-refractivity contribution in [2.24, 2.45) is 0 Å². The van der Waals surface area contributed by atoms with Crippen LogP contribution in [0.5, 0.6) is 0 Å². The minimum absolute atomic E-state index is 0.0775. The number of rotatable bonds is 6. The molecule has 27 heavy (non-hydrogen) atoms. The van der Waals surface area contributed by atoms with E-state index in [0.29, 0.717) is 6.42 Å². The normalized spacial score (nSPS) is 14.9. The van der Waals surface area contributed by atoms with Crippen LogP contribution in [0.1, 0.15) is 12.0 Å². The molecule has 2 aromatic rings. The molecule has 0 bridgehead atoms. The van der Waals surface area contributed by atoms with Crippen LogP contribution >= 0.6 is 0 Å². The zero-order valence-corrected chi connectivity index (χ0v) is 16.6. The molecule has 1 aliphatic heterocycles. The molecule has 3 rings (SSSR count). The largest absolute Gasteiger partial charge is 0.378 e. The topological polar surface area (TPSA) is 38.8 Å². The summed E-state index contributed by atoms with van der Waals surface area (Å²) in [5.41, 5.74) is 4.58. The van der Waals surface area contributed by atoms with Gasteiger partial charge in [-0.25, -0.2) is 0 Å². The molecule has 2 aromatic carbocycles. The van der Waals surface area contributed by atoms with Crippen LogP contribution in [-0.4, -0.2) is 57.6 Å². The summed E-state index contributed by atoms with van der Waals surface area (Å²) in [4.78, 5) is 19.1. The van der Waals surface area contributed by atoms with Gasteiger partial charge in [0.15, 0.2) is 0 Å². The fourth-order valence-corrected chi connectivity index (χ4v) is 3.38. The molecule has 0 saturated carbocycles. The van der Waals surface area contributed by atoms with E-state index in [1.807, 2.05) is 43.3 Å². The maximum Gasteiger partial charge on any atom is 0.225 e. The van der Waals surface area contributed by atoms with Gasteiger partial charge in [-0.15, -0.1) is 0 Å². The molecule has 1 saturated heterocycles. The summed E-state index contributed by atoms with van der Waals surface area (Å²) in [5, 5.41) is 2.99. The molecular formula is C22H30N4O. The number of piperazine rings is 1. The standard InChI is InChI=1S/C22H30N4O/c1-18-5-4-6-21(17-18)26-15-13-25(14-16-26)12-11-22(27)23-19-7-9-20(10-8-19)24(2)3/h4-10,17H,11-16H2,1-3H3,(H,23,27). The summed E-state index contributed by atoms with van der Waals surface area (Å²) in [7, 11) is 4.01. The highest BCUT2D eigenvalue weighted by Gasteiger charge is 2.17. The number of hydrogen-bond acceptors (Lipinski definition) is 4. The molecule has 144 valence electrons. The van der Waals surface area contributed by atoms with Gasteiger partial charge in [0.1, 0.15) is 0 Å². The Kier molecular flexibility index (Phi) is 6.35. The summed E-state index contributed by atoms with van der Waals surface area (Å²) in [6, 6.07) is 16.6. The van der Waals surface area contributed by atoms with Gasteiger partial charge >= 0.3 is 0 Å². The maximum atomic E-state index is 12.2. The van der Waals surface area contributed by atoms with E-state index in [2.05, 4.69) is 46.3 Å². The Morgan fingerprint density at radius 2 is 1.74 bits per heavy atom. The van der Waals surface area contributed by atoms with Crippen LogP contribution in [0.25, 0.3) is 0 Å². The third-order valence-electron chi connectivity index (χ3n) is 5.06. The summed E-state index contributed by atoms with van der Waals surface area (Å²) < 4.78 is 0. The van der Waals surface area contributed by atoms with Crippen molar-refractivity contribution in [2.75, 3.05) is 61.9 Å². The fraction of sp³-hybridized carbons (Fsp3) is 0.409. The average molecular weight is 367 g/mol. The number of anilines is 3. The fourth-order valence-electron chi connectivity index (χ4n) is 3.38. The molecule has 0 unspecified atom stereocenters. The van der Waals surface area contributed by atoms with Crippen LogP contribution < -0.4 is 15.1 Å². The lowest BCUT2D eigenvalue weighted by atomic mass is 10.2. The molecule has 1 heterocycles. The Labute approximate surface area is 162 Å². The second kappa shape index (κ2) is 8.91. The van der Waals surface area contributed by atoms with E-state index in [9.17, 15) is 4.79 Å². The maximum absolute atomic E-state index is 12.2. The molecule has 0 radical (unpaired) electrons. The number of carbonyl (C=O) groups excluding carboxylic acids is 1. The molecular weight excluding hydrogens is 336 g/mol. The first-order chi connectivity index (χ1) is 13.0. The Morgan fingerprint density at radius 1 is 1.04 bits per heavy atom. The molecule has 1 N–H and O–H groups in total. The quantitative estimate of drug-likeness (QED) is 0.852. The predicted molar refractivity (Wildman–Crippen MR) is 114 cm³/mol.